The predicted molar refractivity (Wildman–Crippen MR) is 99.2 cm³/mol. The third kappa shape index (κ3) is 7.98. The molecule has 0 bridgehead atoms. The summed E-state index contributed by atoms with van der Waals surface area (Å²) in [7, 11) is 0. The summed E-state index contributed by atoms with van der Waals surface area (Å²) in [4.78, 5) is 35.8. The van der Waals surface area contributed by atoms with Gasteiger partial charge >= 0.3 is 12.1 Å². The average Bonchev–Trinajstić information content (AvgIpc) is 2.53. The first-order chi connectivity index (χ1) is 12.5. The van der Waals surface area contributed by atoms with Crippen molar-refractivity contribution in [3.63, 3.8) is 0 Å². The molecule has 0 aliphatic heterocycles. The second kappa shape index (κ2) is 9.80. The number of esters is 1. The number of phenols is 1. The van der Waals surface area contributed by atoms with Crippen LogP contribution in [0, 0.1) is 6.92 Å². The Bertz CT molecular complexity index is 681. The van der Waals surface area contributed by atoms with Crippen LogP contribution in [-0.4, -0.2) is 41.8 Å². The molecule has 150 valence electrons. The molecular formula is C19H28N2O6. The minimum atomic E-state index is -0.795. The molecule has 3 N–H and O–H groups in total. The largest absolute Gasteiger partial charge is 0.507 e. The minimum Gasteiger partial charge on any atom is -0.507 e. The number of aromatic hydroxyl groups is 1. The number of nitrogens with one attached hydrogen (secondary N) is 2. The van der Waals surface area contributed by atoms with E-state index in [0.29, 0.717) is 11.1 Å². The van der Waals surface area contributed by atoms with Gasteiger partial charge in [0, 0.05) is 5.56 Å². The molecule has 0 aromatic heterocycles. The van der Waals surface area contributed by atoms with Crippen LogP contribution in [0.3, 0.4) is 0 Å². The highest BCUT2D eigenvalue weighted by atomic mass is 16.6. The molecule has 1 unspecified atom stereocenters. The van der Waals surface area contributed by atoms with Crippen LogP contribution in [0.1, 0.15) is 51.3 Å². The molecule has 1 atom stereocenters. The Kier molecular flexibility index (Phi) is 8.08. The number of phenolic OH excluding ortho intramolecular Hbond substituents is 1. The number of ether oxygens (including phenoxy) is 2. The fourth-order valence-corrected chi connectivity index (χ4v) is 2.30. The molecule has 0 aliphatic carbocycles. The van der Waals surface area contributed by atoms with Crippen LogP contribution in [0.4, 0.5) is 4.79 Å². The smallest absolute Gasteiger partial charge is 0.408 e. The summed E-state index contributed by atoms with van der Waals surface area (Å²) in [5.74, 6) is -1.05. The van der Waals surface area contributed by atoms with Crippen molar-refractivity contribution in [2.75, 3.05) is 13.2 Å². The van der Waals surface area contributed by atoms with Crippen LogP contribution in [0.2, 0.25) is 0 Å². The number of hydrogen-bond acceptors (Lipinski definition) is 6. The lowest BCUT2D eigenvalue weighted by molar-refractivity contribution is -0.143. The summed E-state index contributed by atoms with van der Waals surface area (Å²) in [5.41, 5.74) is 0.330. The molecule has 0 saturated carbocycles. The quantitative estimate of drug-likeness (QED) is 0.626. The average molecular weight is 380 g/mol. The standard InChI is InChI=1S/C19H28N2O6/c1-6-26-16(23)10-14(13-9-7-8-12(2)17(13)24)21-15(22)11-20-18(25)27-19(3,4)5/h7-9,14,24H,6,10-11H2,1-5H3,(H,20,25)(H,21,22). The summed E-state index contributed by atoms with van der Waals surface area (Å²) in [6, 6.07) is 4.25. The van der Waals surface area contributed by atoms with Crippen molar-refractivity contribution in [2.45, 2.75) is 52.7 Å². The number of carbonyl (C=O) groups excluding carboxylic acids is 3. The van der Waals surface area contributed by atoms with Crippen molar-refractivity contribution in [2.24, 2.45) is 0 Å². The molecule has 0 saturated heterocycles. The second-order valence-corrected chi connectivity index (χ2v) is 7.00. The molecule has 0 heterocycles. The third-order valence-corrected chi connectivity index (χ3v) is 3.45. The van der Waals surface area contributed by atoms with E-state index >= 15 is 0 Å². The van der Waals surface area contributed by atoms with E-state index in [1.807, 2.05) is 0 Å². The van der Waals surface area contributed by atoms with E-state index in [-0.39, 0.29) is 25.3 Å². The van der Waals surface area contributed by atoms with Gasteiger partial charge in [0.15, 0.2) is 0 Å². The topological polar surface area (TPSA) is 114 Å². The molecule has 0 aliphatic rings. The van der Waals surface area contributed by atoms with E-state index in [1.165, 1.54) is 0 Å². The van der Waals surface area contributed by atoms with Gasteiger partial charge in [-0.25, -0.2) is 4.79 Å². The van der Waals surface area contributed by atoms with E-state index in [2.05, 4.69) is 10.6 Å². The van der Waals surface area contributed by atoms with E-state index in [9.17, 15) is 19.5 Å². The lowest BCUT2D eigenvalue weighted by atomic mass is 10.00. The van der Waals surface area contributed by atoms with Gasteiger partial charge < -0.3 is 25.2 Å². The number of carbonyl (C=O) groups is 3. The van der Waals surface area contributed by atoms with Crippen LogP contribution in [0.5, 0.6) is 5.75 Å². The molecular weight excluding hydrogens is 352 g/mol. The van der Waals surface area contributed by atoms with Gasteiger partial charge in [0.2, 0.25) is 5.91 Å². The first-order valence-electron chi connectivity index (χ1n) is 8.73. The fourth-order valence-electron chi connectivity index (χ4n) is 2.30. The van der Waals surface area contributed by atoms with Crippen molar-refractivity contribution in [1.29, 1.82) is 0 Å². The molecule has 2 amide bonds. The normalized spacial score (nSPS) is 12.0. The Morgan fingerprint density at radius 1 is 1.22 bits per heavy atom. The molecule has 1 rings (SSSR count). The van der Waals surface area contributed by atoms with Crippen molar-refractivity contribution in [3.05, 3.63) is 29.3 Å². The lowest BCUT2D eigenvalue weighted by Gasteiger charge is -2.22. The summed E-state index contributed by atoms with van der Waals surface area (Å²) in [6.45, 7) is 8.40. The highest BCUT2D eigenvalue weighted by molar-refractivity contribution is 5.83. The summed E-state index contributed by atoms with van der Waals surface area (Å²) in [5, 5.41) is 15.3. The summed E-state index contributed by atoms with van der Waals surface area (Å²) < 4.78 is 10.0. The maximum Gasteiger partial charge on any atom is 0.408 e. The van der Waals surface area contributed by atoms with Gasteiger partial charge in [-0.15, -0.1) is 0 Å². The molecule has 8 nitrogen and oxygen atoms in total. The van der Waals surface area contributed by atoms with Crippen molar-refractivity contribution >= 4 is 18.0 Å². The van der Waals surface area contributed by atoms with Gasteiger partial charge in [0.05, 0.1) is 19.1 Å². The summed E-state index contributed by atoms with van der Waals surface area (Å²) in [6.07, 6.45) is -0.874. The van der Waals surface area contributed by atoms with Crippen LogP contribution >= 0.6 is 0 Å². The van der Waals surface area contributed by atoms with Gasteiger partial charge in [0.1, 0.15) is 17.9 Å². The Balaban J connectivity index is 2.82. The maximum absolute atomic E-state index is 12.2. The van der Waals surface area contributed by atoms with E-state index in [1.54, 1.807) is 52.8 Å². The Hall–Kier alpha value is -2.77. The lowest BCUT2D eigenvalue weighted by Crippen LogP contribution is -2.41. The number of amides is 2. The zero-order valence-corrected chi connectivity index (χ0v) is 16.4. The van der Waals surface area contributed by atoms with Gasteiger partial charge in [-0.05, 0) is 40.2 Å². The second-order valence-electron chi connectivity index (χ2n) is 7.00. The Morgan fingerprint density at radius 3 is 2.48 bits per heavy atom. The van der Waals surface area contributed by atoms with Crippen LogP contribution in [0.25, 0.3) is 0 Å². The number of alkyl carbamates (subject to hydrolysis) is 1. The molecule has 0 radical (unpaired) electrons. The van der Waals surface area contributed by atoms with Crippen molar-refractivity contribution in [1.82, 2.24) is 10.6 Å². The Labute approximate surface area is 159 Å². The van der Waals surface area contributed by atoms with Gasteiger partial charge in [-0.2, -0.15) is 0 Å². The molecule has 1 aromatic rings. The zero-order chi connectivity index (χ0) is 20.6. The number of rotatable bonds is 7. The van der Waals surface area contributed by atoms with Gasteiger partial charge in [-0.1, -0.05) is 18.2 Å². The third-order valence-electron chi connectivity index (χ3n) is 3.45. The fraction of sp³-hybridized carbons (Fsp3) is 0.526. The predicted octanol–water partition coefficient (Wildman–Crippen LogP) is 2.34. The van der Waals surface area contributed by atoms with E-state index in [0.717, 1.165) is 0 Å². The number of benzene rings is 1. The zero-order valence-electron chi connectivity index (χ0n) is 16.4. The summed E-state index contributed by atoms with van der Waals surface area (Å²) >= 11 is 0. The molecule has 0 fully saturated rings. The SMILES string of the molecule is CCOC(=O)CC(NC(=O)CNC(=O)OC(C)(C)C)c1cccc(C)c1O. The first kappa shape index (κ1) is 22.3. The van der Waals surface area contributed by atoms with E-state index < -0.39 is 29.6 Å². The Morgan fingerprint density at radius 2 is 1.89 bits per heavy atom. The molecule has 0 spiro atoms. The maximum atomic E-state index is 12.2. The highest BCUT2D eigenvalue weighted by Crippen LogP contribution is 2.29. The molecule has 1 aromatic carbocycles. The van der Waals surface area contributed by atoms with Gasteiger partial charge in [0.25, 0.3) is 0 Å². The molecule has 8 heteroatoms. The first-order valence-corrected chi connectivity index (χ1v) is 8.73. The monoisotopic (exact) mass is 380 g/mol. The van der Waals surface area contributed by atoms with Crippen LogP contribution in [-0.2, 0) is 19.1 Å². The number of para-hydroxylation sites is 1. The van der Waals surface area contributed by atoms with Gasteiger partial charge in [-0.3, -0.25) is 9.59 Å². The van der Waals surface area contributed by atoms with Crippen molar-refractivity contribution < 1.29 is 29.0 Å². The minimum absolute atomic E-state index is 0.00722. The molecule has 27 heavy (non-hydrogen) atoms. The van der Waals surface area contributed by atoms with Crippen molar-refractivity contribution in [3.8, 4) is 5.75 Å². The van der Waals surface area contributed by atoms with Crippen LogP contribution < -0.4 is 10.6 Å². The highest BCUT2D eigenvalue weighted by Gasteiger charge is 2.23. The number of hydrogen-bond donors (Lipinski definition) is 3. The number of aryl methyl sites for hydroxylation is 1. The van der Waals surface area contributed by atoms with Crippen LogP contribution in [0.15, 0.2) is 18.2 Å². The van der Waals surface area contributed by atoms with E-state index in [4.69, 9.17) is 9.47 Å².